The fourth-order valence-corrected chi connectivity index (χ4v) is 4.68. The SMILES string of the molecule is COc1cc(N)c(Cl)cc1C(=O)NCC1CCN(CCCSc2ccccc2)CC1. The number of ether oxygens (including phenoxy) is 1. The summed E-state index contributed by atoms with van der Waals surface area (Å²) in [6.07, 6.45) is 3.40. The summed E-state index contributed by atoms with van der Waals surface area (Å²) in [5.74, 6) is 1.91. The molecule has 3 N–H and O–H groups in total. The van der Waals surface area contributed by atoms with Crippen LogP contribution in [0.5, 0.6) is 5.75 Å². The molecule has 3 rings (SSSR count). The number of piperidine rings is 1. The van der Waals surface area contributed by atoms with E-state index in [1.165, 1.54) is 18.4 Å². The molecule has 0 saturated carbocycles. The number of methoxy groups -OCH3 is 1. The van der Waals surface area contributed by atoms with Gasteiger partial charge in [0.2, 0.25) is 0 Å². The number of amides is 1. The number of nitrogens with zero attached hydrogens (tertiary/aromatic N) is 1. The van der Waals surface area contributed by atoms with Gasteiger partial charge in [-0.25, -0.2) is 0 Å². The van der Waals surface area contributed by atoms with Gasteiger partial charge < -0.3 is 20.7 Å². The van der Waals surface area contributed by atoms with Gasteiger partial charge in [0.05, 0.1) is 23.4 Å². The number of thioether (sulfide) groups is 1. The van der Waals surface area contributed by atoms with E-state index in [4.69, 9.17) is 22.1 Å². The highest BCUT2D eigenvalue weighted by atomic mass is 35.5. The van der Waals surface area contributed by atoms with Crippen LogP contribution in [-0.4, -0.2) is 49.8 Å². The van der Waals surface area contributed by atoms with Crippen LogP contribution in [0.15, 0.2) is 47.4 Å². The fourth-order valence-electron chi connectivity index (χ4n) is 3.66. The van der Waals surface area contributed by atoms with Crippen molar-refractivity contribution in [3.63, 3.8) is 0 Å². The molecule has 2 aromatic rings. The van der Waals surface area contributed by atoms with Gasteiger partial charge in [0.1, 0.15) is 5.75 Å². The molecule has 0 unspecified atom stereocenters. The summed E-state index contributed by atoms with van der Waals surface area (Å²) in [6.45, 7) is 3.99. The first-order valence-corrected chi connectivity index (χ1v) is 11.7. The summed E-state index contributed by atoms with van der Waals surface area (Å²) in [7, 11) is 1.52. The molecule has 162 valence electrons. The summed E-state index contributed by atoms with van der Waals surface area (Å²) >= 11 is 7.99. The average molecular weight is 448 g/mol. The van der Waals surface area contributed by atoms with Crippen LogP contribution in [0.3, 0.4) is 0 Å². The van der Waals surface area contributed by atoms with Crippen LogP contribution in [0.4, 0.5) is 5.69 Å². The summed E-state index contributed by atoms with van der Waals surface area (Å²) in [6, 6.07) is 13.7. The van der Waals surface area contributed by atoms with Crippen LogP contribution in [0.1, 0.15) is 29.6 Å². The second-order valence-electron chi connectivity index (χ2n) is 7.58. The van der Waals surface area contributed by atoms with Gasteiger partial charge in [-0.1, -0.05) is 29.8 Å². The van der Waals surface area contributed by atoms with Crippen LogP contribution < -0.4 is 15.8 Å². The highest BCUT2D eigenvalue weighted by molar-refractivity contribution is 7.99. The number of carbonyl (C=O) groups is 1. The topological polar surface area (TPSA) is 67.6 Å². The third-order valence-electron chi connectivity index (χ3n) is 5.45. The number of halogens is 1. The van der Waals surface area contributed by atoms with Crippen molar-refractivity contribution in [2.45, 2.75) is 24.2 Å². The molecular weight excluding hydrogens is 418 g/mol. The van der Waals surface area contributed by atoms with Crippen molar-refractivity contribution in [2.75, 3.05) is 44.8 Å². The molecule has 0 radical (unpaired) electrons. The number of likely N-dealkylation sites (tertiary alicyclic amines) is 1. The van der Waals surface area contributed by atoms with E-state index in [0.29, 0.717) is 34.5 Å². The highest BCUT2D eigenvalue weighted by Gasteiger charge is 2.21. The molecule has 1 saturated heterocycles. The number of hydrogen-bond acceptors (Lipinski definition) is 5. The third-order valence-corrected chi connectivity index (χ3v) is 6.88. The quantitative estimate of drug-likeness (QED) is 0.335. The lowest BCUT2D eigenvalue weighted by Crippen LogP contribution is -2.39. The average Bonchev–Trinajstić information content (AvgIpc) is 2.78. The maximum atomic E-state index is 12.6. The second kappa shape index (κ2) is 11.5. The number of carbonyl (C=O) groups excluding carboxylic acids is 1. The van der Waals surface area contributed by atoms with Crippen LogP contribution in [0.2, 0.25) is 5.02 Å². The van der Waals surface area contributed by atoms with Crippen LogP contribution in [0, 0.1) is 5.92 Å². The predicted octanol–water partition coefficient (Wildman–Crippen LogP) is 4.56. The van der Waals surface area contributed by atoms with E-state index >= 15 is 0 Å². The lowest BCUT2D eigenvalue weighted by molar-refractivity contribution is 0.0933. The normalized spacial score (nSPS) is 15.1. The van der Waals surface area contributed by atoms with E-state index in [1.807, 2.05) is 11.8 Å². The van der Waals surface area contributed by atoms with Gasteiger partial charge in [0, 0.05) is 17.5 Å². The van der Waals surface area contributed by atoms with Crippen molar-refractivity contribution < 1.29 is 9.53 Å². The maximum absolute atomic E-state index is 12.6. The molecule has 5 nitrogen and oxygen atoms in total. The maximum Gasteiger partial charge on any atom is 0.255 e. The number of nitrogens with two attached hydrogens (primary N) is 1. The third kappa shape index (κ3) is 6.56. The van der Waals surface area contributed by atoms with Crippen molar-refractivity contribution in [2.24, 2.45) is 5.92 Å². The minimum atomic E-state index is -0.172. The van der Waals surface area contributed by atoms with Crippen LogP contribution in [0.25, 0.3) is 0 Å². The zero-order valence-electron chi connectivity index (χ0n) is 17.4. The van der Waals surface area contributed by atoms with E-state index in [2.05, 4.69) is 40.5 Å². The van der Waals surface area contributed by atoms with Crippen molar-refractivity contribution in [3.8, 4) is 5.75 Å². The highest BCUT2D eigenvalue weighted by Crippen LogP contribution is 2.29. The molecule has 1 fully saturated rings. The van der Waals surface area contributed by atoms with Gasteiger partial charge in [-0.05, 0) is 68.8 Å². The summed E-state index contributed by atoms with van der Waals surface area (Å²) in [4.78, 5) is 16.5. The Morgan fingerprint density at radius 3 is 2.70 bits per heavy atom. The molecule has 0 bridgehead atoms. The first kappa shape index (κ1) is 22.8. The van der Waals surface area contributed by atoms with Gasteiger partial charge in [-0.15, -0.1) is 11.8 Å². The summed E-state index contributed by atoms with van der Waals surface area (Å²) in [5, 5.41) is 3.40. The Bertz CT molecular complexity index is 827. The van der Waals surface area contributed by atoms with Gasteiger partial charge in [0.25, 0.3) is 5.91 Å². The molecule has 1 aliphatic rings. The Morgan fingerprint density at radius 2 is 2.00 bits per heavy atom. The van der Waals surface area contributed by atoms with E-state index < -0.39 is 0 Å². The molecule has 1 heterocycles. The van der Waals surface area contributed by atoms with Crippen molar-refractivity contribution >= 4 is 35.0 Å². The van der Waals surface area contributed by atoms with E-state index in [9.17, 15) is 4.79 Å². The Morgan fingerprint density at radius 1 is 1.27 bits per heavy atom. The lowest BCUT2D eigenvalue weighted by Gasteiger charge is -2.32. The lowest BCUT2D eigenvalue weighted by atomic mass is 9.96. The summed E-state index contributed by atoms with van der Waals surface area (Å²) in [5.41, 5.74) is 6.62. The first-order valence-electron chi connectivity index (χ1n) is 10.4. The Labute approximate surface area is 188 Å². The minimum Gasteiger partial charge on any atom is -0.496 e. The molecule has 2 aromatic carbocycles. The van der Waals surface area contributed by atoms with Crippen molar-refractivity contribution in [1.82, 2.24) is 10.2 Å². The number of anilines is 1. The number of hydrogen-bond donors (Lipinski definition) is 2. The van der Waals surface area contributed by atoms with Gasteiger partial charge in [-0.2, -0.15) is 0 Å². The van der Waals surface area contributed by atoms with Gasteiger partial charge in [-0.3, -0.25) is 4.79 Å². The molecule has 0 aromatic heterocycles. The Hall–Kier alpha value is -1.89. The second-order valence-corrected chi connectivity index (χ2v) is 9.16. The van der Waals surface area contributed by atoms with Crippen LogP contribution >= 0.6 is 23.4 Å². The minimum absolute atomic E-state index is 0.172. The van der Waals surface area contributed by atoms with Crippen molar-refractivity contribution in [1.29, 1.82) is 0 Å². The molecule has 0 aliphatic carbocycles. The summed E-state index contributed by atoms with van der Waals surface area (Å²) < 4.78 is 5.28. The number of rotatable bonds is 9. The number of nitrogen functional groups attached to an aromatic ring is 1. The monoisotopic (exact) mass is 447 g/mol. The largest absolute Gasteiger partial charge is 0.496 e. The predicted molar refractivity (Wildman–Crippen MR) is 126 cm³/mol. The standard InChI is InChI=1S/C23H30ClN3O2S/c1-29-22-15-21(25)20(24)14-19(22)23(28)26-16-17-8-11-27(12-9-17)10-5-13-30-18-6-3-2-4-7-18/h2-4,6-7,14-15,17H,5,8-13,16,25H2,1H3,(H,26,28). The van der Waals surface area contributed by atoms with E-state index in [1.54, 1.807) is 12.1 Å². The Balaban J connectivity index is 1.36. The molecule has 1 aliphatic heterocycles. The molecule has 0 atom stereocenters. The molecule has 30 heavy (non-hydrogen) atoms. The molecule has 7 heteroatoms. The smallest absolute Gasteiger partial charge is 0.255 e. The Kier molecular flexibility index (Phi) is 8.73. The number of benzene rings is 2. The molecular formula is C23H30ClN3O2S. The number of nitrogens with one attached hydrogen (secondary N) is 1. The van der Waals surface area contributed by atoms with Gasteiger partial charge in [0.15, 0.2) is 0 Å². The van der Waals surface area contributed by atoms with Crippen molar-refractivity contribution in [3.05, 3.63) is 53.1 Å². The van der Waals surface area contributed by atoms with E-state index in [-0.39, 0.29) is 5.91 Å². The molecule has 0 spiro atoms. The molecule has 1 amide bonds. The van der Waals surface area contributed by atoms with E-state index in [0.717, 1.165) is 38.2 Å². The van der Waals surface area contributed by atoms with Crippen LogP contribution in [-0.2, 0) is 0 Å². The van der Waals surface area contributed by atoms with Gasteiger partial charge >= 0.3 is 0 Å². The fraction of sp³-hybridized carbons (Fsp3) is 0.435. The first-order chi connectivity index (χ1) is 14.6. The zero-order valence-corrected chi connectivity index (χ0v) is 19.0. The zero-order chi connectivity index (χ0) is 21.3.